The standard InChI is InChI=1S/C29H31NO5/c1-18(19-13-15-20(16-14-19)35-29(2,3)4)26(27(31)32)30-28(33)34-17-25-23-11-7-5-9-21(23)22-10-6-8-12-24(22)25/h5-16,18,25-26H,17H2,1-4H3,(H,30,33)(H,31,32)/t18-,26-/m0/s1. The van der Waals surface area contributed by atoms with Crippen LogP contribution in [0, 0.1) is 0 Å². The predicted molar refractivity (Wildman–Crippen MR) is 135 cm³/mol. The van der Waals surface area contributed by atoms with Crippen LogP contribution in [0.25, 0.3) is 11.1 Å². The number of hydrogen-bond acceptors (Lipinski definition) is 4. The topological polar surface area (TPSA) is 84.9 Å². The van der Waals surface area contributed by atoms with Gasteiger partial charge in [-0.25, -0.2) is 9.59 Å². The van der Waals surface area contributed by atoms with Crippen LogP contribution in [-0.4, -0.2) is 35.4 Å². The van der Waals surface area contributed by atoms with Crippen molar-refractivity contribution in [2.24, 2.45) is 0 Å². The van der Waals surface area contributed by atoms with E-state index >= 15 is 0 Å². The van der Waals surface area contributed by atoms with Crippen molar-refractivity contribution in [2.75, 3.05) is 6.61 Å². The average Bonchev–Trinajstić information content (AvgIpc) is 3.14. The summed E-state index contributed by atoms with van der Waals surface area (Å²) < 4.78 is 11.4. The largest absolute Gasteiger partial charge is 0.488 e. The molecule has 0 saturated heterocycles. The van der Waals surface area contributed by atoms with Gasteiger partial charge in [-0.1, -0.05) is 67.6 Å². The van der Waals surface area contributed by atoms with E-state index in [0.29, 0.717) is 5.75 Å². The lowest BCUT2D eigenvalue weighted by atomic mass is 9.93. The van der Waals surface area contributed by atoms with Crippen LogP contribution in [0.1, 0.15) is 56.2 Å². The van der Waals surface area contributed by atoms with Gasteiger partial charge in [0, 0.05) is 11.8 Å². The summed E-state index contributed by atoms with van der Waals surface area (Å²) in [4.78, 5) is 24.7. The summed E-state index contributed by atoms with van der Waals surface area (Å²) in [5, 5.41) is 12.4. The Kier molecular flexibility index (Phi) is 6.83. The molecule has 1 amide bonds. The second kappa shape index (κ2) is 9.82. The number of carbonyl (C=O) groups excluding carboxylic acids is 1. The Morgan fingerprint density at radius 3 is 1.97 bits per heavy atom. The summed E-state index contributed by atoms with van der Waals surface area (Å²) >= 11 is 0. The molecule has 6 heteroatoms. The molecule has 0 saturated carbocycles. The third-order valence-electron chi connectivity index (χ3n) is 6.21. The molecule has 182 valence electrons. The van der Waals surface area contributed by atoms with E-state index in [0.717, 1.165) is 27.8 Å². The van der Waals surface area contributed by atoms with Crippen LogP contribution < -0.4 is 10.1 Å². The lowest BCUT2D eigenvalue weighted by Crippen LogP contribution is -2.44. The minimum Gasteiger partial charge on any atom is -0.488 e. The molecule has 0 aromatic heterocycles. The number of alkyl carbamates (subject to hydrolysis) is 1. The fourth-order valence-corrected chi connectivity index (χ4v) is 4.55. The van der Waals surface area contributed by atoms with Gasteiger partial charge in [0.15, 0.2) is 0 Å². The Labute approximate surface area is 205 Å². The minimum absolute atomic E-state index is 0.0933. The molecule has 0 bridgehead atoms. The van der Waals surface area contributed by atoms with Gasteiger partial charge in [0.05, 0.1) is 0 Å². The molecule has 1 aliphatic rings. The first-order valence-electron chi connectivity index (χ1n) is 11.8. The van der Waals surface area contributed by atoms with Crippen LogP contribution in [0.3, 0.4) is 0 Å². The third-order valence-corrected chi connectivity index (χ3v) is 6.21. The van der Waals surface area contributed by atoms with Crippen LogP contribution in [0.4, 0.5) is 4.79 Å². The Morgan fingerprint density at radius 1 is 0.914 bits per heavy atom. The van der Waals surface area contributed by atoms with Gasteiger partial charge >= 0.3 is 12.1 Å². The van der Waals surface area contributed by atoms with Gasteiger partial charge < -0.3 is 19.9 Å². The first-order chi connectivity index (χ1) is 16.6. The second-order valence-corrected chi connectivity index (χ2v) is 9.86. The highest BCUT2D eigenvalue weighted by Gasteiger charge is 2.31. The molecule has 35 heavy (non-hydrogen) atoms. The number of carboxylic acid groups (broad SMARTS) is 1. The SMILES string of the molecule is C[C@@H](c1ccc(OC(C)(C)C)cc1)[C@H](NC(=O)OCC1c2ccccc2-c2ccccc21)C(=O)O. The molecule has 2 N–H and O–H groups in total. The number of carboxylic acids is 1. The van der Waals surface area contributed by atoms with Crippen molar-refractivity contribution in [1.82, 2.24) is 5.32 Å². The molecule has 2 atom stereocenters. The zero-order valence-electron chi connectivity index (χ0n) is 20.4. The lowest BCUT2D eigenvalue weighted by molar-refractivity contribution is -0.139. The molecular formula is C29H31NO5. The Bertz CT molecular complexity index is 1170. The van der Waals surface area contributed by atoms with Crippen molar-refractivity contribution in [3.63, 3.8) is 0 Å². The maximum Gasteiger partial charge on any atom is 0.407 e. The molecule has 0 aliphatic heterocycles. The molecule has 0 fully saturated rings. The van der Waals surface area contributed by atoms with E-state index in [1.54, 1.807) is 6.92 Å². The fraction of sp³-hybridized carbons (Fsp3) is 0.310. The summed E-state index contributed by atoms with van der Waals surface area (Å²) in [6, 6.07) is 22.2. The number of hydrogen-bond donors (Lipinski definition) is 2. The number of aliphatic carboxylic acids is 1. The van der Waals surface area contributed by atoms with Crippen molar-refractivity contribution in [3.8, 4) is 16.9 Å². The molecule has 3 aromatic carbocycles. The van der Waals surface area contributed by atoms with Crippen LogP contribution in [0.2, 0.25) is 0 Å². The average molecular weight is 474 g/mol. The first-order valence-corrected chi connectivity index (χ1v) is 11.8. The second-order valence-electron chi connectivity index (χ2n) is 9.86. The number of amides is 1. The van der Waals surface area contributed by atoms with Gasteiger partial charge in [-0.05, 0) is 60.7 Å². The van der Waals surface area contributed by atoms with Crippen molar-refractivity contribution < 1.29 is 24.2 Å². The Morgan fingerprint density at radius 2 is 1.46 bits per heavy atom. The van der Waals surface area contributed by atoms with Gasteiger partial charge in [0.25, 0.3) is 0 Å². The zero-order chi connectivity index (χ0) is 25.2. The highest BCUT2D eigenvalue weighted by Crippen LogP contribution is 2.44. The van der Waals surface area contributed by atoms with Gasteiger partial charge in [-0.2, -0.15) is 0 Å². The lowest BCUT2D eigenvalue weighted by Gasteiger charge is -2.24. The predicted octanol–water partition coefficient (Wildman–Crippen LogP) is 5.96. The van der Waals surface area contributed by atoms with Crippen molar-refractivity contribution in [2.45, 2.75) is 51.2 Å². The van der Waals surface area contributed by atoms with Crippen molar-refractivity contribution in [1.29, 1.82) is 0 Å². The van der Waals surface area contributed by atoms with E-state index in [1.165, 1.54) is 0 Å². The van der Waals surface area contributed by atoms with E-state index in [9.17, 15) is 14.7 Å². The molecule has 6 nitrogen and oxygen atoms in total. The number of fused-ring (bicyclic) bond motifs is 3. The molecule has 1 aliphatic carbocycles. The fourth-order valence-electron chi connectivity index (χ4n) is 4.55. The first kappa shape index (κ1) is 24.3. The molecule has 0 heterocycles. The number of rotatable bonds is 7. The van der Waals surface area contributed by atoms with Crippen LogP contribution >= 0.6 is 0 Å². The molecular weight excluding hydrogens is 442 g/mol. The number of carbonyl (C=O) groups is 2. The summed E-state index contributed by atoms with van der Waals surface area (Å²) in [7, 11) is 0. The normalized spacial score (nSPS) is 14.4. The van der Waals surface area contributed by atoms with Crippen LogP contribution in [0.15, 0.2) is 72.8 Å². The summed E-state index contributed by atoms with van der Waals surface area (Å²) in [6.45, 7) is 7.77. The van der Waals surface area contributed by atoms with E-state index in [2.05, 4.69) is 17.4 Å². The molecule has 3 aromatic rings. The van der Waals surface area contributed by atoms with E-state index in [4.69, 9.17) is 9.47 Å². The highest BCUT2D eigenvalue weighted by atomic mass is 16.5. The van der Waals surface area contributed by atoms with Crippen LogP contribution in [0.5, 0.6) is 5.75 Å². The number of benzene rings is 3. The quantitative estimate of drug-likeness (QED) is 0.442. The molecule has 0 radical (unpaired) electrons. The monoisotopic (exact) mass is 473 g/mol. The van der Waals surface area contributed by atoms with Crippen molar-refractivity contribution in [3.05, 3.63) is 89.5 Å². The van der Waals surface area contributed by atoms with Gasteiger partial charge in [-0.3, -0.25) is 0 Å². The van der Waals surface area contributed by atoms with E-state index in [1.807, 2.05) is 81.4 Å². The minimum atomic E-state index is -1.14. The molecule has 0 unspecified atom stereocenters. The maximum atomic E-state index is 12.7. The molecule has 0 spiro atoms. The third kappa shape index (κ3) is 5.48. The summed E-state index contributed by atoms with van der Waals surface area (Å²) in [6.07, 6.45) is -0.751. The smallest absolute Gasteiger partial charge is 0.407 e. The van der Waals surface area contributed by atoms with Gasteiger partial charge in [-0.15, -0.1) is 0 Å². The Hall–Kier alpha value is -3.80. The number of nitrogens with one attached hydrogen (secondary N) is 1. The number of ether oxygens (including phenoxy) is 2. The van der Waals surface area contributed by atoms with Crippen LogP contribution in [-0.2, 0) is 9.53 Å². The summed E-state index contributed by atoms with van der Waals surface area (Å²) in [5.41, 5.74) is 4.91. The van der Waals surface area contributed by atoms with Gasteiger partial charge in [0.1, 0.15) is 24.0 Å². The van der Waals surface area contributed by atoms with E-state index < -0.39 is 24.0 Å². The van der Waals surface area contributed by atoms with Crippen molar-refractivity contribution >= 4 is 12.1 Å². The Balaban J connectivity index is 1.42. The highest BCUT2D eigenvalue weighted by molar-refractivity contribution is 5.82. The zero-order valence-corrected chi connectivity index (χ0v) is 20.4. The van der Waals surface area contributed by atoms with Gasteiger partial charge in [0.2, 0.25) is 0 Å². The van der Waals surface area contributed by atoms with E-state index in [-0.39, 0.29) is 18.1 Å². The maximum absolute atomic E-state index is 12.7. The summed E-state index contributed by atoms with van der Waals surface area (Å²) in [5.74, 6) is -0.994. The molecule has 4 rings (SSSR count).